The first kappa shape index (κ1) is 67.9. The number of likely N-dealkylation sites (N-methyl/N-ethyl adjacent to an activating group) is 1. The van der Waals surface area contributed by atoms with Crippen molar-refractivity contribution in [2.75, 3.05) is 33.4 Å². The summed E-state index contributed by atoms with van der Waals surface area (Å²) >= 11 is 7.01. The van der Waals surface area contributed by atoms with Crippen LogP contribution in [0.4, 0.5) is 4.39 Å². The molecule has 1 atom stereocenters. The van der Waals surface area contributed by atoms with Crippen molar-refractivity contribution in [3.63, 3.8) is 0 Å². The fourth-order valence-corrected chi connectivity index (χ4v) is 9.42. The van der Waals surface area contributed by atoms with E-state index in [9.17, 15) is 28.7 Å². The number of hydrogen-bond acceptors (Lipinski definition) is 6. The van der Waals surface area contributed by atoms with Gasteiger partial charge in [-0.25, -0.2) is 9.18 Å². The van der Waals surface area contributed by atoms with E-state index in [-0.39, 0.29) is 36.7 Å². The Morgan fingerprint density at radius 2 is 1.53 bits per heavy atom. The van der Waals surface area contributed by atoms with E-state index in [1.807, 2.05) is 102 Å². The monoisotopic (exact) mass is 1090 g/mol. The number of amides is 3. The Labute approximate surface area is 472 Å². The number of carboxylic acids is 1. The van der Waals surface area contributed by atoms with Gasteiger partial charge in [-0.15, -0.1) is 0 Å². The number of nitrogens with one attached hydrogen (secondary N) is 1. The molecule has 3 amide bonds. The van der Waals surface area contributed by atoms with Crippen molar-refractivity contribution in [2.45, 2.75) is 161 Å². The van der Waals surface area contributed by atoms with Gasteiger partial charge >= 0.3 is 153 Å². The number of fused-ring (bicyclic) bond motifs is 2. The van der Waals surface area contributed by atoms with Gasteiger partial charge in [0.05, 0.1) is 17.1 Å². The summed E-state index contributed by atoms with van der Waals surface area (Å²) in [6, 6.07) is 19.0. The summed E-state index contributed by atoms with van der Waals surface area (Å²) in [5.41, 5.74) is 7.98. The molecule has 0 saturated heterocycles. The maximum absolute atomic E-state index is 13.7. The minimum absolute atomic E-state index is 0.0647. The molecule has 0 saturated carbocycles. The van der Waals surface area contributed by atoms with Gasteiger partial charge in [-0.3, -0.25) is 0 Å². The number of ether oxygens (including phenoxy) is 2. The van der Waals surface area contributed by atoms with E-state index in [0.717, 1.165) is 74.3 Å². The molecule has 5 rings (SSSR count). The summed E-state index contributed by atoms with van der Waals surface area (Å²) in [6.07, 6.45) is 7.42. The van der Waals surface area contributed by atoms with Crippen LogP contribution in [-0.4, -0.2) is 96.5 Å². The Morgan fingerprint density at radius 3 is 2.10 bits per heavy atom. The van der Waals surface area contributed by atoms with Gasteiger partial charge in [-0.05, 0) is 117 Å². The van der Waals surface area contributed by atoms with Crippen LogP contribution < -0.4 is 14.8 Å². The molecule has 425 valence electrons. The molecule has 11 nitrogen and oxygen atoms in total. The van der Waals surface area contributed by atoms with Crippen LogP contribution in [0, 0.1) is 24.6 Å². The number of nitrogens with zero attached hydrogens (tertiary/aromatic N) is 3. The van der Waals surface area contributed by atoms with Crippen LogP contribution in [-0.2, 0) is 33.9 Å². The smallest absolute Gasteiger partial charge is 0.0637 e. The van der Waals surface area contributed by atoms with Crippen LogP contribution in [0.1, 0.15) is 161 Å². The number of hydrogen-bond donors (Lipinski definition) is 2. The molecule has 1 unspecified atom stereocenters. The molecule has 0 aliphatic rings. The van der Waals surface area contributed by atoms with Crippen LogP contribution in [0.25, 0.3) is 27.2 Å². The van der Waals surface area contributed by atoms with Gasteiger partial charge in [-0.2, -0.15) is 0 Å². The van der Waals surface area contributed by atoms with E-state index in [4.69, 9.17) is 28.6 Å². The Hall–Kier alpha value is -6.21. The van der Waals surface area contributed by atoms with Crippen molar-refractivity contribution in [3.8, 4) is 11.5 Å². The van der Waals surface area contributed by atoms with Gasteiger partial charge in [0.25, 0.3) is 0 Å². The number of aryl methyl sites for hydroxylation is 3. The van der Waals surface area contributed by atoms with Crippen molar-refractivity contribution in [1.29, 1.82) is 0 Å². The van der Waals surface area contributed by atoms with Gasteiger partial charge < -0.3 is 14.4 Å². The SMILES string of the molecule is C/C=C(C)\C(=C(\C)C(C)C)c1c(Cl)ccc2c(CCCOc3cccc4cc(F)ccc34)c(C(=O)O)n(CCC(C)C)c12.CC.CC.[B]=CCCC(C(=O)NC)N(C=O)Cc1c(C)cccc1OCC(=O)N(CCC)CCC. The third kappa shape index (κ3) is 18.7. The number of halogens is 2. The first-order valence-corrected chi connectivity index (χ1v) is 28.4. The van der Waals surface area contributed by atoms with E-state index in [2.05, 4.69) is 52.9 Å². The van der Waals surface area contributed by atoms with Crippen LogP contribution >= 0.6 is 11.6 Å². The molecule has 0 aliphatic heterocycles. The number of carbonyl (C=O) groups is 4. The zero-order valence-electron chi connectivity index (χ0n) is 49.6. The predicted octanol–water partition coefficient (Wildman–Crippen LogP) is 14.6. The number of rotatable bonds is 27. The zero-order valence-corrected chi connectivity index (χ0v) is 50.3. The van der Waals surface area contributed by atoms with E-state index < -0.39 is 12.0 Å². The molecule has 4 aromatic carbocycles. The number of carboxylic acid groups (broad SMARTS) is 1. The molecule has 1 aromatic heterocycles. The Morgan fingerprint density at radius 1 is 0.885 bits per heavy atom. The summed E-state index contributed by atoms with van der Waals surface area (Å²) in [4.78, 5) is 53.0. The molecule has 0 bridgehead atoms. The quantitative estimate of drug-likeness (QED) is 0.0232. The predicted molar refractivity (Wildman–Crippen MR) is 325 cm³/mol. The van der Waals surface area contributed by atoms with Crippen LogP contribution in [0.5, 0.6) is 11.5 Å². The first-order valence-electron chi connectivity index (χ1n) is 28.1. The van der Waals surface area contributed by atoms with Crippen molar-refractivity contribution in [1.82, 2.24) is 19.7 Å². The summed E-state index contributed by atoms with van der Waals surface area (Å²) < 4.78 is 27.8. The molecule has 0 aliphatic carbocycles. The molecular formula is C64H90BClFN4O7. The van der Waals surface area contributed by atoms with E-state index >= 15 is 0 Å². The Balaban J connectivity index is 0.000000527. The topological polar surface area (TPSA) is 130 Å². The average Bonchev–Trinajstić information content (AvgIpc) is 3.81. The minimum atomic E-state index is -0.942. The summed E-state index contributed by atoms with van der Waals surface area (Å²) in [6.45, 7) is 31.4. The minimum Gasteiger partial charge on any atom is -0.0637 e. The van der Waals surface area contributed by atoms with Gasteiger partial charge in [0.2, 0.25) is 0 Å². The molecular weight excluding hydrogens is 1000 g/mol. The van der Waals surface area contributed by atoms with Gasteiger partial charge in [0.15, 0.2) is 0 Å². The molecule has 5 aromatic rings. The zero-order chi connectivity index (χ0) is 58.6. The standard InChI is InChI=1S/C37H43ClFNO3.C23H35BN3O4.2C2H6/c1-8-24(6)33(25(7)23(4)5)34-31(38)17-16-30-29(36(37(41)42)40(35(30)34)19-18-22(2)3)12-10-20-43-32-13-9-11-26-21-27(39)14-15-28(26)32;1-5-13-26(14-6-2)22(29)16-31-21-11-7-9-18(3)19(21)15-27(17-28)20(10-8-12-24)23(30)25-4;2*1-2/h8-9,11,13-17,21-23H,10,12,18-20H2,1-7H3,(H,41,42);7,9,11-12,17,20H,5-6,8,10,13-16H2,1-4H3,(H,25,30);2*1-2H3/b24-8-,33-25+;;;. The van der Waals surface area contributed by atoms with Crippen molar-refractivity contribution < 1.29 is 38.1 Å². The maximum atomic E-state index is 13.7. The third-order valence-electron chi connectivity index (χ3n) is 13.5. The summed E-state index contributed by atoms with van der Waals surface area (Å²) in [5, 5.41) is 16.4. The molecule has 14 heteroatoms. The van der Waals surface area contributed by atoms with E-state index in [0.29, 0.717) is 86.5 Å². The third-order valence-corrected chi connectivity index (χ3v) is 13.8. The van der Waals surface area contributed by atoms with Gasteiger partial charge in [0, 0.05) is 36.0 Å². The molecule has 2 N–H and O–H groups in total. The molecule has 0 fully saturated rings. The first-order chi connectivity index (χ1) is 37.4. The van der Waals surface area contributed by atoms with Crippen molar-refractivity contribution >= 4 is 76.5 Å². The van der Waals surface area contributed by atoms with Crippen molar-refractivity contribution in [2.24, 2.45) is 11.8 Å². The number of benzene rings is 4. The van der Waals surface area contributed by atoms with Gasteiger partial charge in [0.1, 0.15) is 17.3 Å². The van der Waals surface area contributed by atoms with E-state index in [1.54, 1.807) is 17.0 Å². The number of aromatic carboxylic acids is 1. The Bertz CT molecular complexity index is 2800. The summed E-state index contributed by atoms with van der Waals surface area (Å²) in [7, 11) is 7.02. The van der Waals surface area contributed by atoms with E-state index in [1.165, 1.54) is 35.6 Å². The molecule has 78 heavy (non-hydrogen) atoms. The van der Waals surface area contributed by atoms with Gasteiger partial charge in [-0.1, -0.05) is 111 Å². The second-order valence-corrected chi connectivity index (χ2v) is 19.9. The van der Waals surface area contributed by atoms with Crippen LogP contribution in [0.2, 0.25) is 5.02 Å². The molecule has 1 heterocycles. The second-order valence-electron chi connectivity index (χ2n) is 19.5. The molecule has 0 spiro atoms. The molecule has 1 radical (unpaired) electrons. The fourth-order valence-electron chi connectivity index (χ4n) is 9.18. The fraction of sp³-hybridized carbons (Fsp3) is 0.484. The van der Waals surface area contributed by atoms with Crippen LogP contribution in [0.3, 0.4) is 0 Å². The number of carbonyl (C=O) groups excluding carboxylic acids is 3. The van der Waals surface area contributed by atoms with Crippen molar-refractivity contribution in [3.05, 3.63) is 123 Å². The average molecular weight is 1090 g/mol. The normalized spacial score (nSPS) is 11.8. The number of allylic oxidation sites excluding steroid dienone is 4. The summed E-state index contributed by atoms with van der Waals surface area (Å²) in [5.74, 6) is 1.84. The van der Waals surface area contributed by atoms with Crippen LogP contribution in [0.15, 0.2) is 84.0 Å². The number of aromatic nitrogens is 1. The Kier molecular flexibility index (Phi) is 30.8. The second kappa shape index (κ2) is 35.3.